The van der Waals surface area contributed by atoms with Gasteiger partial charge in [0.05, 0.1) is 15.9 Å². The number of benzene rings is 1. The van der Waals surface area contributed by atoms with Gasteiger partial charge in [-0.1, -0.05) is 12.1 Å². The Morgan fingerprint density at radius 2 is 2.04 bits per heavy atom. The zero-order valence-corrected chi connectivity index (χ0v) is 14.7. The van der Waals surface area contributed by atoms with Crippen LogP contribution in [-0.4, -0.2) is 25.8 Å². The summed E-state index contributed by atoms with van der Waals surface area (Å²) in [6, 6.07) is 7.96. The highest BCUT2D eigenvalue weighted by Gasteiger charge is 2.14. The van der Waals surface area contributed by atoms with Crippen LogP contribution in [0.2, 0.25) is 0 Å². The number of fused-ring (bicyclic) bond motifs is 1. The molecule has 2 aromatic heterocycles. The maximum absolute atomic E-state index is 11.0. The number of aliphatic carboxylic acids is 1. The number of allylic oxidation sites excluding steroid dienone is 1. The van der Waals surface area contributed by atoms with Crippen LogP contribution in [0.15, 0.2) is 24.3 Å². The first kappa shape index (κ1) is 16.4. The molecule has 6 heteroatoms. The summed E-state index contributed by atoms with van der Waals surface area (Å²) in [4.78, 5) is 15.7. The Morgan fingerprint density at radius 3 is 2.67 bits per heavy atom. The molecule has 0 aliphatic heterocycles. The van der Waals surface area contributed by atoms with Crippen molar-refractivity contribution in [2.75, 3.05) is 0 Å². The van der Waals surface area contributed by atoms with Gasteiger partial charge in [-0.15, -0.1) is 11.3 Å². The number of carbonyl (C=O) groups is 1. The number of aromatic nitrogens is 3. The van der Waals surface area contributed by atoms with E-state index in [4.69, 9.17) is 5.11 Å². The third-order valence-corrected chi connectivity index (χ3v) is 5.17. The van der Waals surface area contributed by atoms with E-state index in [1.165, 1.54) is 0 Å². The topological polar surface area (TPSA) is 68.0 Å². The van der Waals surface area contributed by atoms with E-state index < -0.39 is 5.97 Å². The monoisotopic (exact) mass is 341 g/mol. The van der Waals surface area contributed by atoms with Gasteiger partial charge in [-0.05, 0) is 44.1 Å². The Morgan fingerprint density at radius 1 is 1.29 bits per heavy atom. The SMILES string of the molecule is Cc1nn(C)c(C)c1C=C(CCC(=O)O)c1nc2ccccc2s1. The van der Waals surface area contributed by atoms with Gasteiger partial charge in [-0.3, -0.25) is 9.48 Å². The summed E-state index contributed by atoms with van der Waals surface area (Å²) in [5.41, 5.74) is 4.92. The Hall–Kier alpha value is -2.47. The van der Waals surface area contributed by atoms with Crippen molar-refractivity contribution >= 4 is 39.2 Å². The molecule has 0 aliphatic carbocycles. The third-order valence-electron chi connectivity index (χ3n) is 4.06. The van der Waals surface area contributed by atoms with Crippen LogP contribution in [0.4, 0.5) is 0 Å². The number of carboxylic acid groups (broad SMARTS) is 1. The van der Waals surface area contributed by atoms with E-state index >= 15 is 0 Å². The number of nitrogens with zero attached hydrogens (tertiary/aromatic N) is 3. The zero-order valence-electron chi connectivity index (χ0n) is 13.9. The minimum Gasteiger partial charge on any atom is -0.481 e. The standard InChI is InChI=1S/C18H19N3O2S/c1-11-14(12(2)21(3)20-11)10-13(8-9-17(22)23)18-19-15-6-4-5-7-16(15)24-18/h4-7,10H,8-9H2,1-3H3,(H,22,23). The average molecular weight is 341 g/mol. The van der Waals surface area contributed by atoms with Gasteiger partial charge >= 0.3 is 5.97 Å². The van der Waals surface area contributed by atoms with Gasteiger partial charge in [0.1, 0.15) is 5.01 Å². The lowest BCUT2D eigenvalue weighted by atomic mass is 10.1. The fraction of sp³-hybridized carbons (Fsp3) is 0.278. The van der Waals surface area contributed by atoms with Crippen molar-refractivity contribution in [2.45, 2.75) is 26.7 Å². The van der Waals surface area contributed by atoms with Crippen LogP contribution >= 0.6 is 11.3 Å². The van der Waals surface area contributed by atoms with Gasteiger partial charge in [0.2, 0.25) is 0 Å². The molecule has 124 valence electrons. The van der Waals surface area contributed by atoms with Gasteiger partial charge < -0.3 is 5.11 Å². The molecule has 2 heterocycles. The number of carboxylic acids is 1. The zero-order chi connectivity index (χ0) is 17.3. The molecule has 3 rings (SSSR count). The first-order chi connectivity index (χ1) is 11.5. The molecule has 0 fully saturated rings. The molecule has 3 aromatic rings. The Labute approximate surface area is 144 Å². The lowest BCUT2D eigenvalue weighted by molar-refractivity contribution is -0.136. The van der Waals surface area contributed by atoms with Crippen molar-refractivity contribution in [2.24, 2.45) is 7.05 Å². The van der Waals surface area contributed by atoms with Crippen LogP contribution in [-0.2, 0) is 11.8 Å². The van der Waals surface area contributed by atoms with Crippen LogP contribution in [0.25, 0.3) is 21.9 Å². The summed E-state index contributed by atoms with van der Waals surface area (Å²) in [6.07, 6.45) is 2.57. The molecule has 0 saturated carbocycles. The minimum atomic E-state index is -0.804. The number of para-hydroxylation sites is 1. The van der Waals surface area contributed by atoms with Crippen LogP contribution in [0, 0.1) is 13.8 Å². The molecule has 0 bridgehead atoms. The normalized spacial score (nSPS) is 12.0. The van der Waals surface area contributed by atoms with Gasteiger partial charge in [0.15, 0.2) is 0 Å². The van der Waals surface area contributed by atoms with E-state index in [2.05, 4.69) is 10.1 Å². The van der Waals surface area contributed by atoms with Crippen molar-refractivity contribution in [3.8, 4) is 0 Å². The van der Waals surface area contributed by atoms with Crippen molar-refractivity contribution in [1.29, 1.82) is 0 Å². The molecule has 0 spiro atoms. The van der Waals surface area contributed by atoms with Crippen molar-refractivity contribution in [3.63, 3.8) is 0 Å². The summed E-state index contributed by atoms with van der Waals surface area (Å²) >= 11 is 1.60. The van der Waals surface area contributed by atoms with Crippen LogP contribution in [0.1, 0.15) is 34.8 Å². The predicted octanol–water partition coefficient (Wildman–Crippen LogP) is 4.05. The highest BCUT2D eigenvalue weighted by Crippen LogP contribution is 2.32. The van der Waals surface area contributed by atoms with Crippen LogP contribution < -0.4 is 0 Å². The molecule has 0 saturated heterocycles. The molecule has 1 N–H and O–H groups in total. The summed E-state index contributed by atoms with van der Waals surface area (Å²) in [6.45, 7) is 3.98. The Bertz CT molecular complexity index is 904. The van der Waals surface area contributed by atoms with E-state index in [9.17, 15) is 4.79 Å². The highest BCUT2D eigenvalue weighted by molar-refractivity contribution is 7.19. The second-order valence-electron chi connectivity index (χ2n) is 5.76. The van der Waals surface area contributed by atoms with E-state index in [0.29, 0.717) is 6.42 Å². The van der Waals surface area contributed by atoms with E-state index in [1.54, 1.807) is 11.3 Å². The van der Waals surface area contributed by atoms with Crippen LogP contribution in [0.3, 0.4) is 0 Å². The van der Waals surface area contributed by atoms with Crippen molar-refractivity contribution in [1.82, 2.24) is 14.8 Å². The third kappa shape index (κ3) is 3.23. The second-order valence-corrected chi connectivity index (χ2v) is 6.79. The summed E-state index contributed by atoms with van der Waals surface area (Å²) in [5, 5.41) is 14.4. The lowest BCUT2D eigenvalue weighted by Gasteiger charge is -2.04. The Kier molecular flexibility index (Phi) is 4.49. The number of hydrogen-bond donors (Lipinski definition) is 1. The first-order valence-corrected chi connectivity index (χ1v) is 8.56. The molecule has 5 nitrogen and oxygen atoms in total. The van der Waals surface area contributed by atoms with Crippen molar-refractivity contribution in [3.05, 3.63) is 46.2 Å². The molecular weight excluding hydrogens is 322 g/mol. The van der Waals surface area contributed by atoms with Gasteiger partial charge in [-0.25, -0.2) is 4.98 Å². The van der Waals surface area contributed by atoms with Gasteiger partial charge in [0, 0.05) is 24.7 Å². The summed E-state index contributed by atoms with van der Waals surface area (Å²) in [7, 11) is 1.91. The highest BCUT2D eigenvalue weighted by atomic mass is 32.1. The lowest BCUT2D eigenvalue weighted by Crippen LogP contribution is -1.96. The molecule has 0 aliphatic rings. The largest absolute Gasteiger partial charge is 0.481 e. The molecule has 1 aromatic carbocycles. The average Bonchev–Trinajstić information content (AvgIpc) is 3.06. The summed E-state index contributed by atoms with van der Waals surface area (Å²) in [5.74, 6) is -0.804. The number of aryl methyl sites for hydroxylation is 2. The molecular formula is C18H19N3O2S. The van der Waals surface area contributed by atoms with Gasteiger partial charge in [-0.2, -0.15) is 5.10 Å². The number of hydrogen-bond acceptors (Lipinski definition) is 4. The fourth-order valence-corrected chi connectivity index (χ4v) is 3.67. The summed E-state index contributed by atoms with van der Waals surface area (Å²) < 4.78 is 2.95. The molecule has 0 amide bonds. The maximum Gasteiger partial charge on any atom is 0.303 e. The van der Waals surface area contributed by atoms with E-state index in [-0.39, 0.29) is 6.42 Å². The molecule has 24 heavy (non-hydrogen) atoms. The fourth-order valence-electron chi connectivity index (χ4n) is 2.67. The molecule has 0 unspecified atom stereocenters. The van der Waals surface area contributed by atoms with Gasteiger partial charge in [0.25, 0.3) is 0 Å². The smallest absolute Gasteiger partial charge is 0.303 e. The molecule has 0 radical (unpaired) electrons. The van der Waals surface area contributed by atoms with E-state index in [0.717, 1.165) is 37.7 Å². The predicted molar refractivity (Wildman–Crippen MR) is 97.0 cm³/mol. The number of rotatable bonds is 5. The number of thiazole rings is 1. The first-order valence-electron chi connectivity index (χ1n) is 7.74. The minimum absolute atomic E-state index is 0.0834. The Balaban J connectivity index is 2.08. The quantitative estimate of drug-likeness (QED) is 0.760. The van der Waals surface area contributed by atoms with Crippen molar-refractivity contribution < 1.29 is 9.90 Å². The second kappa shape index (κ2) is 6.57. The molecule has 0 atom stereocenters. The van der Waals surface area contributed by atoms with Crippen LogP contribution in [0.5, 0.6) is 0 Å². The maximum atomic E-state index is 11.0. The van der Waals surface area contributed by atoms with E-state index in [1.807, 2.05) is 55.9 Å².